The Balaban J connectivity index is 1.37. The number of carbonyl (C=O) groups is 2. The van der Waals surface area contributed by atoms with E-state index in [1.54, 1.807) is 18.2 Å². The van der Waals surface area contributed by atoms with Gasteiger partial charge in [-0.15, -0.1) is 0 Å². The molecule has 1 aromatic carbocycles. The smallest absolute Gasteiger partial charge is 0.252 e. The van der Waals surface area contributed by atoms with E-state index >= 15 is 0 Å². The number of likely N-dealkylation sites (tertiary alicyclic amines) is 1. The summed E-state index contributed by atoms with van der Waals surface area (Å²) in [4.78, 5) is 32.0. The Morgan fingerprint density at radius 1 is 1.16 bits per heavy atom. The molecule has 2 atom stereocenters. The molecular weight excluding hydrogens is 428 g/mol. The highest BCUT2D eigenvalue weighted by Gasteiger charge is 2.65. The van der Waals surface area contributed by atoms with Crippen molar-refractivity contribution in [3.05, 3.63) is 34.9 Å². The average Bonchev–Trinajstić information content (AvgIpc) is 3.07. The zero-order chi connectivity index (χ0) is 22.0. The summed E-state index contributed by atoms with van der Waals surface area (Å²) in [6.07, 6.45) is 0.213. The van der Waals surface area contributed by atoms with Crippen molar-refractivity contribution in [2.75, 3.05) is 19.6 Å². The number of aliphatic hydroxyl groups is 1. The molecular formula is C22H26ClF2N3O3. The van der Waals surface area contributed by atoms with Crippen LogP contribution in [-0.2, 0) is 16.1 Å². The van der Waals surface area contributed by atoms with E-state index in [9.17, 15) is 23.5 Å². The highest BCUT2D eigenvalue weighted by atomic mass is 35.5. The third-order valence-electron chi connectivity index (χ3n) is 7.39. The van der Waals surface area contributed by atoms with E-state index in [1.165, 1.54) is 4.90 Å². The summed E-state index contributed by atoms with van der Waals surface area (Å²) < 4.78 is 27.1. The zero-order valence-corrected chi connectivity index (χ0v) is 17.9. The molecule has 5 rings (SSSR count). The second-order valence-electron chi connectivity index (χ2n) is 9.44. The molecule has 168 valence electrons. The molecule has 0 unspecified atom stereocenters. The molecule has 0 aromatic heterocycles. The van der Waals surface area contributed by atoms with Crippen molar-refractivity contribution in [2.24, 2.45) is 0 Å². The number of imide groups is 1. The lowest BCUT2D eigenvalue weighted by atomic mass is 9.79. The molecule has 1 saturated carbocycles. The average molecular weight is 454 g/mol. The van der Waals surface area contributed by atoms with Gasteiger partial charge in [-0.25, -0.2) is 8.78 Å². The Bertz CT molecular complexity index is 898. The van der Waals surface area contributed by atoms with E-state index in [-0.39, 0.29) is 43.8 Å². The van der Waals surface area contributed by atoms with Crippen LogP contribution in [0.25, 0.3) is 0 Å². The molecule has 6 nitrogen and oxygen atoms in total. The molecule has 9 heteroatoms. The van der Waals surface area contributed by atoms with Crippen LogP contribution in [0.15, 0.2) is 24.3 Å². The number of hydrogen-bond acceptors (Lipinski definition) is 5. The van der Waals surface area contributed by atoms with Gasteiger partial charge in [0.2, 0.25) is 11.8 Å². The van der Waals surface area contributed by atoms with Crippen LogP contribution < -0.4 is 0 Å². The van der Waals surface area contributed by atoms with Crippen LogP contribution in [0.4, 0.5) is 8.78 Å². The highest BCUT2D eigenvalue weighted by molar-refractivity contribution is 6.30. The number of β-amino-alcohol motifs (C(OH)–C–C–N with tert-alkyl or cyclic N) is 1. The first-order chi connectivity index (χ1) is 14.7. The number of rotatable bonds is 3. The Kier molecular flexibility index (Phi) is 5.12. The summed E-state index contributed by atoms with van der Waals surface area (Å²) in [5.74, 6) is -3.15. The van der Waals surface area contributed by atoms with Gasteiger partial charge in [-0.05, 0) is 37.0 Å². The number of carbonyl (C=O) groups excluding carboxylic acids is 2. The van der Waals surface area contributed by atoms with Crippen molar-refractivity contribution in [2.45, 2.75) is 68.3 Å². The molecule has 31 heavy (non-hydrogen) atoms. The van der Waals surface area contributed by atoms with Gasteiger partial charge in [0.15, 0.2) is 0 Å². The van der Waals surface area contributed by atoms with Crippen LogP contribution in [0.5, 0.6) is 0 Å². The molecule has 2 amide bonds. The van der Waals surface area contributed by atoms with Crippen molar-refractivity contribution in [1.82, 2.24) is 14.7 Å². The number of alkyl halides is 2. The van der Waals surface area contributed by atoms with Gasteiger partial charge in [0, 0.05) is 43.5 Å². The SMILES string of the molecule is O=C1[C@@H]2C[C@@H](O)CN2C2(CN(C3CCC(F)(F)CC3)C2)C(=O)N1Cc1cccc(Cl)c1. The van der Waals surface area contributed by atoms with Gasteiger partial charge in [-0.1, -0.05) is 23.7 Å². The number of hydrogen-bond donors (Lipinski definition) is 1. The Hall–Kier alpha value is -1.61. The van der Waals surface area contributed by atoms with Crippen LogP contribution in [0.3, 0.4) is 0 Å². The van der Waals surface area contributed by atoms with Crippen molar-refractivity contribution in [3.63, 3.8) is 0 Å². The molecule has 4 fully saturated rings. The number of aliphatic hydroxyl groups excluding tert-OH is 1. The zero-order valence-electron chi connectivity index (χ0n) is 17.1. The fourth-order valence-electron chi connectivity index (χ4n) is 5.73. The second-order valence-corrected chi connectivity index (χ2v) is 9.88. The lowest BCUT2D eigenvalue weighted by Gasteiger charge is -2.60. The maximum absolute atomic E-state index is 13.6. The number of piperazine rings is 1. The van der Waals surface area contributed by atoms with E-state index in [2.05, 4.69) is 4.90 Å². The summed E-state index contributed by atoms with van der Waals surface area (Å²) in [5.41, 5.74) is -0.115. The number of nitrogens with zero attached hydrogens (tertiary/aromatic N) is 3. The largest absolute Gasteiger partial charge is 0.392 e. The van der Waals surface area contributed by atoms with E-state index in [4.69, 9.17) is 11.6 Å². The first-order valence-corrected chi connectivity index (χ1v) is 11.2. The maximum atomic E-state index is 13.6. The monoisotopic (exact) mass is 453 g/mol. The fraction of sp³-hybridized carbons (Fsp3) is 0.636. The molecule has 1 aliphatic carbocycles. The normalized spacial score (nSPS) is 31.2. The lowest BCUT2D eigenvalue weighted by Crippen LogP contribution is -2.82. The first-order valence-electron chi connectivity index (χ1n) is 10.9. The maximum Gasteiger partial charge on any atom is 0.252 e. The summed E-state index contributed by atoms with van der Waals surface area (Å²) in [6.45, 7) is 1.23. The van der Waals surface area contributed by atoms with Gasteiger partial charge in [-0.2, -0.15) is 0 Å². The van der Waals surface area contributed by atoms with Gasteiger partial charge in [-0.3, -0.25) is 24.3 Å². The van der Waals surface area contributed by atoms with Crippen LogP contribution >= 0.6 is 11.6 Å². The van der Waals surface area contributed by atoms with Gasteiger partial charge < -0.3 is 5.11 Å². The van der Waals surface area contributed by atoms with Crippen LogP contribution in [0.1, 0.15) is 37.7 Å². The predicted molar refractivity (Wildman–Crippen MR) is 110 cm³/mol. The molecule has 1 N–H and O–H groups in total. The second kappa shape index (κ2) is 7.47. The number of amides is 2. The Morgan fingerprint density at radius 3 is 2.55 bits per heavy atom. The van der Waals surface area contributed by atoms with Crippen molar-refractivity contribution >= 4 is 23.4 Å². The van der Waals surface area contributed by atoms with E-state index < -0.39 is 23.6 Å². The quantitative estimate of drug-likeness (QED) is 0.711. The molecule has 1 spiro atoms. The third kappa shape index (κ3) is 3.57. The molecule has 0 radical (unpaired) electrons. The molecule has 1 aromatic rings. The minimum Gasteiger partial charge on any atom is -0.392 e. The highest BCUT2D eigenvalue weighted by Crippen LogP contribution is 2.44. The van der Waals surface area contributed by atoms with Crippen molar-refractivity contribution in [1.29, 1.82) is 0 Å². The van der Waals surface area contributed by atoms with Crippen molar-refractivity contribution < 1.29 is 23.5 Å². The first kappa shape index (κ1) is 21.2. The van der Waals surface area contributed by atoms with E-state index in [0.717, 1.165) is 5.56 Å². The van der Waals surface area contributed by atoms with Crippen LogP contribution in [-0.4, -0.2) is 80.9 Å². The van der Waals surface area contributed by atoms with Gasteiger partial charge >= 0.3 is 0 Å². The summed E-state index contributed by atoms with van der Waals surface area (Å²) >= 11 is 6.07. The molecule has 3 heterocycles. The molecule has 3 aliphatic heterocycles. The Labute approximate surface area is 184 Å². The predicted octanol–water partition coefficient (Wildman–Crippen LogP) is 2.28. The standard InChI is InChI=1S/C22H26ClF2N3O3/c23-15-3-1-2-14(8-15)10-27-19(30)18-9-17(29)11-28(18)21(20(27)31)12-26(13-21)16-4-6-22(24,25)7-5-16/h1-3,8,16-18,29H,4-7,9-13H2/t17-,18+/m1/s1. The molecule has 0 bridgehead atoms. The minimum atomic E-state index is -2.59. The minimum absolute atomic E-state index is 0.0306. The molecule has 4 aliphatic rings. The van der Waals surface area contributed by atoms with E-state index in [1.807, 2.05) is 11.0 Å². The van der Waals surface area contributed by atoms with Gasteiger partial charge in [0.25, 0.3) is 5.91 Å². The summed E-state index contributed by atoms with van der Waals surface area (Å²) in [7, 11) is 0. The lowest BCUT2D eigenvalue weighted by molar-refractivity contribution is -0.185. The van der Waals surface area contributed by atoms with Gasteiger partial charge in [0.1, 0.15) is 5.54 Å². The van der Waals surface area contributed by atoms with E-state index in [0.29, 0.717) is 37.4 Å². The summed E-state index contributed by atoms with van der Waals surface area (Å²) in [6, 6.07) is 6.57. The topological polar surface area (TPSA) is 64.1 Å². The molecule has 3 saturated heterocycles. The summed E-state index contributed by atoms with van der Waals surface area (Å²) in [5, 5.41) is 10.8. The third-order valence-corrected chi connectivity index (χ3v) is 7.62. The number of fused-ring (bicyclic) bond motifs is 2. The van der Waals surface area contributed by atoms with Gasteiger partial charge in [0.05, 0.1) is 18.7 Å². The Morgan fingerprint density at radius 2 is 1.87 bits per heavy atom. The van der Waals surface area contributed by atoms with Crippen LogP contribution in [0.2, 0.25) is 5.02 Å². The number of benzene rings is 1. The van der Waals surface area contributed by atoms with Crippen LogP contribution in [0, 0.1) is 0 Å². The fourth-order valence-corrected chi connectivity index (χ4v) is 5.95. The van der Waals surface area contributed by atoms with Crippen molar-refractivity contribution in [3.8, 4) is 0 Å². The number of halogens is 3.